The maximum absolute atomic E-state index is 8.67. The number of hydrogen-bond donors (Lipinski definition) is 3. The number of benzene rings is 1. The van der Waals surface area contributed by atoms with Crippen LogP contribution in [0.2, 0.25) is 5.02 Å². The molecular weight excluding hydrogens is 306 g/mol. The van der Waals surface area contributed by atoms with Crippen molar-refractivity contribution in [2.45, 2.75) is 6.92 Å². The van der Waals surface area contributed by atoms with Gasteiger partial charge in [-0.3, -0.25) is 10.8 Å². The Kier molecular flexibility index (Phi) is 4.49. The molecule has 1 rings (SSSR count). The summed E-state index contributed by atoms with van der Waals surface area (Å²) in [5.41, 5.74) is 8.97. The van der Waals surface area contributed by atoms with Crippen molar-refractivity contribution in [2.75, 3.05) is 5.43 Å². The number of nitriles is 1. The molecule has 1 aromatic carbocycles. The summed E-state index contributed by atoms with van der Waals surface area (Å²) in [5, 5.41) is 20.0. The lowest BCUT2D eigenvalue weighted by Gasteiger charge is -2.07. The third kappa shape index (κ3) is 3.44. The predicted molar refractivity (Wildman–Crippen MR) is 72.5 cm³/mol. The second-order valence-corrected chi connectivity index (χ2v) is 4.48. The molecule has 0 saturated carbocycles. The van der Waals surface area contributed by atoms with Crippen LogP contribution in [0.15, 0.2) is 21.7 Å². The predicted octanol–water partition coefficient (Wildman–Crippen LogP) is 2.64. The molecule has 0 aromatic heterocycles. The van der Waals surface area contributed by atoms with E-state index in [2.05, 4.69) is 26.5 Å². The number of nitrogens with one attached hydrogen (secondary N) is 2. The Morgan fingerprint density at radius 3 is 2.82 bits per heavy atom. The Hall–Kier alpha value is -1.58. The number of halogens is 2. The van der Waals surface area contributed by atoms with E-state index in [9.17, 15) is 0 Å². The van der Waals surface area contributed by atoms with Gasteiger partial charge in [0.15, 0.2) is 5.84 Å². The number of aryl methyl sites for hydroxylation is 1. The lowest BCUT2D eigenvalue weighted by atomic mass is 10.2. The first kappa shape index (κ1) is 13.5. The van der Waals surface area contributed by atoms with Crippen molar-refractivity contribution in [1.82, 2.24) is 0 Å². The highest BCUT2D eigenvalue weighted by atomic mass is 79.9. The normalized spacial score (nSPS) is 10.8. The summed E-state index contributed by atoms with van der Waals surface area (Å²) in [5.74, 6) is -0.400. The minimum Gasteiger partial charge on any atom is -0.382 e. The molecule has 0 saturated heterocycles. The molecular formula is C10H9BrClN5. The van der Waals surface area contributed by atoms with Crippen molar-refractivity contribution < 1.29 is 0 Å². The van der Waals surface area contributed by atoms with Gasteiger partial charge >= 0.3 is 0 Å². The molecule has 0 fully saturated rings. The highest BCUT2D eigenvalue weighted by Gasteiger charge is 2.06. The van der Waals surface area contributed by atoms with E-state index >= 15 is 0 Å². The van der Waals surface area contributed by atoms with E-state index in [1.54, 1.807) is 12.1 Å². The summed E-state index contributed by atoms with van der Waals surface area (Å²) in [4.78, 5) is 0. The highest BCUT2D eigenvalue weighted by molar-refractivity contribution is 9.10. The monoisotopic (exact) mass is 313 g/mol. The Bertz CT molecular complexity index is 532. The minimum atomic E-state index is -0.400. The van der Waals surface area contributed by atoms with Gasteiger partial charge in [-0.15, -0.1) is 0 Å². The number of amidine groups is 1. The van der Waals surface area contributed by atoms with Crippen LogP contribution in [0.1, 0.15) is 5.56 Å². The van der Waals surface area contributed by atoms with Gasteiger partial charge in [0, 0.05) is 4.47 Å². The molecule has 4 N–H and O–H groups in total. The van der Waals surface area contributed by atoms with Crippen LogP contribution in [0.25, 0.3) is 0 Å². The van der Waals surface area contributed by atoms with E-state index in [1.165, 1.54) is 0 Å². The van der Waals surface area contributed by atoms with E-state index in [1.807, 2.05) is 13.0 Å². The van der Waals surface area contributed by atoms with Crippen LogP contribution < -0.4 is 11.2 Å². The second-order valence-electron chi connectivity index (χ2n) is 3.18. The lowest BCUT2D eigenvalue weighted by Crippen LogP contribution is -2.21. The zero-order chi connectivity index (χ0) is 13.0. The van der Waals surface area contributed by atoms with Gasteiger partial charge in [-0.1, -0.05) is 27.5 Å². The number of nitrogens with zero attached hydrogens (tertiary/aromatic N) is 2. The Balaban J connectivity index is 3.05. The number of nitrogens with two attached hydrogens (primary N) is 1. The van der Waals surface area contributed by atoms with Crippen molar-refractivity contribution in [3.05, 3.63) is 27.2 Å². The fraction of sp³-hybridized carbons (Fsp3) is 0.100. The SMILES string of the molecule is Cc1cc(Br)cc(N/N=C(\C#N)C(=N)N)c1Cl. The van der Waals surface area contributed by atoms with Crippen LogP contribution in [0.4, 0.5) is 5.69 Å². The molecule has 88 valence electrons. The Morgan fingerprint density at radius 1 is 1.65 bits per heavy atom. The molecule has 5 nitrogen and oxygen atoms in total. The highest BCUT2D eigenvalue weighted by Crippen LogP contribution is 2.29. The molecule has 0 amide bonds. The van der Waals surface area contributed by atoms with E-state index in [0.717, 1.165) is 10.0 Å². The zero-order valence-corrected chi connectivity index (χ0v) is 11.2. The summed E-state index contributed by atoms with van der Waals surface area (Å²) in [6.07, 6.45) is 0. The number of rotatable bonds is 3. The fourth-order valence-corrected chi connectivity index (χ4v) is 1.79. The first-order valence-corrected chi connectivity index (χ1v) is 5.66. The van der Waals surface area contributed by atoms with Crippen molar-refractivity contribution in [2.24, 2.45) is 10.8 Å². The van der Waals surface area contributed by atoms with Gasteiger partial charge in [0.25, 0.3) is 0 Å². The summed E-state index contributed by atoms with van der Waals surface area (Å²) >= 11 is 9.37. The van der Waals surface area contributed by atoms with Crippen LogP contribution in [-0.4, -0.2) is 11.5 Å². The second kappa shape index (κ2) is 5.66. The van der Waals surface area contributed by atoms with Gasteiger partial charge < -0.3 is 5.73 Å². The largest absolute Gasteiger partial charge is 0.382 e. The summed E-state index contributed by atoms with van der Waals surface area (Å²) in [7, 11) is 0. The van der Waals surface area contributed by atoms with Crippen LogP contribution in [0.5, 0.6) is 0 Å². The molecule has 0 aliphatic carbocycles. The first-order chi connectivity index (χ1) is 7.95. The third-order valence-corrected chi connectivity index (χ3v) is 2.83. The first-order valence-electron chi connectivity index (χ1n) is 4.49. The smallest absolute Gasteiger partial charge is 0.201 e. The topological polar surface area (TPSA) is 98.0 Å². The molecule has 0 bridgehead atoms. The molecule has 0 atom stereocenters. The summed E-state index contributed by atoms with van der Waals surface area (Å²) in [6, 6.07) is 5.27. The molecule has 0 unspecified atom stereocenters. The summed E-state index contributed by atoms with van der Waals surface area (Å²) in [6.45, 7) is 1.85. The average molecular weight is 315 g/mol. The van der Waals surface area contributed by atoms with Gasteiger partial charge in [-0.25, -0.2) is 0 Å². The lowest BCUT2D eigenvalue weighted by molar-refractivity contribution is 1.31. The van der Waals surface area contributed by atoms with E-state index in [0.29, 0.717) is 10.7 Å². The van der Waals surface area contributed by atoms with Crippen molar-refractivity contribution in [1.29, 1.82) is 10.7 Å². The summed E-state index contributed by atoms with van der Waals surface area (Å²) < 4.78 is 0.832. The molecule has 0 radical (unpaired) electrons. The van der Waals surface area contributed by atoms with Crippen molar-refractivity contribution in [3.63, 3.8) is 0 Å². The van der Waals surface area contributed by atoms with Crippen molar-refractivity contribution in [3.8, 4) is 6.07 Å². The van der Waals surface area contributed by atoms with Crippen LogP contribution in [0.3, 0.4) is 0 Å². The Labute approximate surface area is 112 Å². The third-order valence-electron chi connectivity index (χ3n) is 1.87. The quantitative estimate of drug-likeness (QED) is 0.454. The molecule has 0 aliphatic rings. The maximum Gasteiger partial charge on any atom is 0.201 e. The van der Waals surface area contributed by atoms with Crippen LogP contribution in [0, 0.1) is 23.7 Å². The molecule has 0 aliphatic heterocycles. The van der Waals surface area contributed by atoms with Gasteiger partial charge in [0.1, 0.15) is 6.07 Å². The molecule has 7 heteroatoms. The molecule has 17 heavy (non-hydrogen) atoms. The number of anilines is 1. The molecule has 1 aromatic rings. The number of hydrogen-bond acceptors (Lipinski definition) is 4. The zero-order valence-electron chi connectivity index (χ0n) is 8.88. The molecule has 0 heterocycles. The number of hydrazone groups is 1. The van der Waals surface area contributed by atoms with Crippen molar-refractivity contribution >= 4 is 44.8 Å². The van der Waals surface area contributed by atoms with Gasteiger partial charge in [0.2, 0.25) is 5.71 Å². The van der Waals surface area contributed by atoms with E-state index in [4.69, 9.17) is 28.0 Å². The maximum atomic E-state index is 8.67. The van der Waals surface area contributed by atoms with Crippen LogP contribution >= 0.6 is 27.5 Å². The van der Waals surface area contributed by atoms with E-state index < -0.39 is 5.84 Å². The standard InChI is InChI=1S/C10H9BrClN5/c1-5-2-6(11)3-7(9(5)12)16-17-8(4-13)10(14)15/h2-3,16H,1H3,(H3,14,15)/b17-8+. The van der Waals surface area contributed by atoms with Crippen LogP contribution in [-0.2, 0) is 0 Å². The molecule has 0 spiro atoms. The minimum absolute atomic E-state index is 0.196. The van der Waals surface area contributed by atoms with Gasteiger partial charge in [0.05, 0.1) is 10.7 Å². The average Bonchev–Trinajstić information content (AvgIpc) is 2.25. The fourth-order valence-electron chi connectivity index (χ4n) is 1.07. The van der Waals surface area contributed by atoms with Gasteiger partial charge in [-0.05, 0) is 24.6 Å². The Morgan fingerprint density at radius 2 is 2.29 bits per heavy atom. The van der Waals surface area contributed by atoms with E-state index in [-0.39, 0.29) is 5.71 Å². The van der Waals surface area contributed by atoms with Gasteiger partial charge in [-0.2, -0.15) is 10.4 Å².